The van der Waals surface area contributed by atoms with Crippen molar-refractivity contribution in [3.8, 4) is 0 Å². The van der Waals surface area contributed by atoms with Crippen LogP contribution in [-0.4, -0.2) is 34.5 Å². The van der Waals surface area contributed by atoms with E-state index >= 15 is 0 Å². The number of carbonyl (C=O) groups excluding carboxylic acids is 1. The van der Waals surface area contributed by atoms with Crippen LogP contribution >= 0.6 is 0 Å². The molecule has 0 aromatic carbocycles. The fourth-order valence-corrected chi connectivity index (χ4v) is 1.24. The summed E-state index contributed by atoms with van der Waals surface area (Å²) in [7, 11) is 1.73. The highest BCUT2D eigenvalue weighted by molar-refractivity contribution is 6.01. The highest BCUT2D eigenvalue weighted by Gasteiger charge is 2.23. The third-order valence-corrected chi connectivity index (χ3v) is 1.81. The van der Waals surface area contributed by atoms with Crippen molar-refractivity contribution < 1.29 is 14.7 Å². The van der Waals surface area contributed by atoms with Crippen LogP contribution in [0.2, 0.25) is 0 Å². The summed E-state index contributed by atoms with van der Waals surface area (Å²) in [5.74, 6) is 0.491. The Hall–Kier alpha value is -2.18. The third kappa shape index (κ3) is 2.19. The van der Waals surface area contributed by atoms with Crippen LogP contribution in [0, 0.1) is 0 Å². The van der Waals surface area contributed by atoms with Gasteiger partial charge in [-0.15, -0.1) is 0 Å². The third-order valence-electron chi connectivity index (χ3n) is 1.81. The summed E-state index contributed by atoms with van der Waals surface area (Å²) >= 11 is 0. The normalized spacial score (nSPS) is 11.9. The van der Waals surface area contributed by atoms with Gasteiger partial charge < -0.3 is 15.7 Å². The van der Waals surface area contributed by atoms with Gasteiger partial charge in [0.1, 0.15) is 17.7 Å². The predicted octanol–water partition coefficient (Wildman–Crippen LogP) is -0.538. The Kier molecular flexibility index (Phi) is 3.55. The summed E-state index contributed by atoms with van der Waals surface area (Å²) in [6.07, 6.45) is 1.45. The second kappa shape index (κ2) is 4.89. The smallest absolute Gasteiger partial charge is 0.290 e. The van der Waals surface area contributed by atoms with Gasteiger partial charge in [-0.3, -0.25) is 9.59 Å². The van der Waals surface area contributed by atoms with Crippen molar-refractivity contribution in [3.05, 3.63) is 17.6 Å². The van der Waals surface area contributed by atoms with Gasteiger partial charge >= 0.3 is 0 Å². The van der Waals surface area contributed by atoms with Gasteiger partial charge in [-0.25, -0.2) is 9.97 Å². The zero-order valence-corrected chi connectivity index (χ0v) is 8.02. The lowest BCUT2D eigenvalue weighted by atomic mass is 10.2. The molecule has 0 saturated heterocycles. The number of anilines is 1. The molecule has 1 aliphatic heterocycles. The Morgan fingerprint density at radius 1 is 1.60 bits per heavy atom. The first-order valence-electron chi connectivity index (χ1n) is 4.12. The van der Waals surface area contributed by atoms with E-state index in [2.05, 4.69) is 20.6 Å². The minimum absolute atomic E-state index is 0.102. The monoisotopic (exact) mass is 210 g/mol. The molecule has 15 heavy (non-hydrogen) atoms. The number of hydrogen-bond donors (Lipinski definition) is 3. The van der Waals surface area contributed by atoms with E-state index in [9.17, 15) is 4.79 Å². The van der Waals surface area contributed by atoms with E-state index in [0.29, 0.717) is 17.9 Å². The largest absolute Gasteiger partial charge is 0.483 e. The molecule has 0 atom stereocenters. The van der Waals surface area contributed by atoms with Crippen LogP contribution in [0.3, 0.4) is 0 Å². The van der Waals surface area contributed by atoms with Gasteiger partial charge in [0.05, 0.1) is 12.2 Å². The number of carboxylic acid groups (broad SMARTS) is 1. The molecule has 0 aliphatic carbocycles. The molecule has 1 amide bonds. The van der Waals surface area contributed by atoms with Crippen LogP contribution in [0.1, 0.15) is 16.1 Å². The average molecular weight is 210 g/mol. The maximum atomic E-state index is 11.2. The zero-order valence-electron chi connectivity index (χ0n) is 8.02. The van der Waals surface area contributed by atoms with E-state index in [1.165, 1.54) is 6.33 Å². The summed E-state index contributed by atoms with van der Waals surface area (Å²) in [6.45, 7) is 0.255. The first-order chi connectivity index (χ1) is 7.24. The molecule has 1 aromatic heterocycles. The van der Waals surface area contributed by atoms with Crippen molar-refractivity contribution in [3.63, 3.8) is 0 Å². The van der Waals surface area contributed by atoms with Crippen LogP contribution in [0.15, 0.2) is 6.33 Å². The van der Waals surface area contributed by atoms with E-state index < -0.39 is 0 Å². The van der Waals surface area contributed by atoms with Crippen LogP contribution in [0.5, 0.6) is 0 Å². The first kappa shape index (κ1) is 10.9. The Labute approximate surface area is 85.5 Å². The highest BCUT2D eigenvalue weighted by atomic mass is 16.3. The first-order valence-corrected chi connectivity index (χ1v) is 4.12. The molecule has 7 heteroatoms. The Balaban J connectivity index is 0.000000337. The molecule has 2 rings (SSSR count). The van der Waals surface area contributed by atoms with Gasteiger partial charge in [0.15, 0.2) is 0 Å². The van der Waals surface area contributed by atoms with Crippen molar-refractivity contribution >= 4 is 18.2 Å². The van der Waals surface area contributed by atoms with Crippen LogP contribution in [-0.2, 0) is 11.3 Å². The number of carbonyl (C=O) groups is 2. The average Bonchev–Trinajstić information content (AvgIpc) is 2.62. The molecule has 0 radical (unpaired) electrons. The maximum absolute atomic E-state index is 11.2. The molecule has 3 N–H and O–H groups in total. The van der Waals surface area contributed by atoms with Gasteiger partial charge in [0.2, 0.25) is 0 Å². The molecule has 2 heterocycles. The molecular formula is C8H10N4O3. The molecule has 80 valence electrons. The minimum Gasteiger partial charge on any atom is -0.483 e. The molecule has 0 unspecified atom stereocenters. The van der Waals surface area contributed by atoms with E-state index in [-0.39, 0.29) is 12.4 Å². The topological polar surface area (TPSA) is 104 Å². The number of rotatable bonds is 1. The summed E-state index contributed by atoms with van der Waals surface area (Å²) in [5, 5.41) is 12.4. The Morgan fingerprint density at radius 3 is 2.87 bits per heavy atom. The molecular weight excluding hydrogens is 200 g/mol. The van der Waals surface area contributed by atoms with Gasteiger partial charge in [0, 0.05) is 7.05 Å². The van der Waals surface area contributed by atoms with Gasteiger partial charge in [-0.1, -0.05) is 0 Å². The van der Waals surface area contributed by atoms with Gasteiger partial charge in [-0.2, -0.15) is 0 Å². The van der Waals surface area contributed by atoms with Crippen molar-refractivity contribution in [1.29, 1.82) is 0 Å². The predicted molar refractivity (Wildman–Crippen MR) is 51.4 cm³/mol. The fourth-order valence-electron chi connectivity index (χ4n) is 1.24. The van der Waals surface area contributed by atoms with Crippen LogP contribution in [0.25, 0.3) is 0 Å². The lowest BCUT2D eigenvalue weighted by molar-refractivity contribution is -0.122. The summed E-state index contributed by atoms with van der Waals surface area (Å²) in [4.78, 5) is 27.5. The molecule has 0 bridgehead atoms. The van der Waals surface area contributed by atoms with Crippen molar-refractivity contribution in [2.24, 2.45) is 0 Å². The standard InChI is InChI=1S/C7H8N4O.CH2O2/c1-8-6-5-4(10-3-11-6)2-9-7(5)12;2-1-3/h3H,2H2,1H3,(H,9,12)(H,8,10,11);1H,(H,2,3). The highest BCUT2D eigenvalue weighted by Crippen LogP contribution is 2.18. The second-order valence-electron chi connectivity index (χ2n) is 2.58. The molecule has 0 fully saturated rings. The van der Waals surface area contributed by atoms with Crippen LogP contribution < -0.4 is 10.6 Å². The lowest BCUT2D eigenvalue weighted by Crippen LogP contribution is -2.13. The van der Waals surface area contributed by atoms with E-state index in [1.807, 2.05) is 0 Å². The van der Waals surface area contributed by atoms with Gasteiger partial charge in [0.25, 0.3) is 12.4 Å². The fraction of sp³-hybridized carbons (Fsp3) is 0.250. The summed E-state index contributed by atoms with van der Waals surface area (Å²) in [5.41, 5.74) is 1.33. The second-order valence-corrected chi connectivity index (χ2v) is 2.58. The van der Waals surface area contributed by atoms with Gasteiger partial charge in [-0.05, 0) is 0 Å². The molecule has 1 aliphatic rings. The molecule has 1 aromatic rings. The Morgan fingerprint density at radius 2 is 2.27 bits per heavy atom. The van der Waals surface area contributed by atoms with E-state index in [1.54, 1.807) is 7.05 Å². The summed E-state index contributed by atoms with van der Waals surface area (Å²) < 4.78 is 0. The molecule has 7 nitrogen and oxygen atoms in total. The molecule has 0 saturated carbocycles. The van der Waals surface area contributed by atoms with Crippen molar-refractivity contribution in [2.75, 3.05) is 12.4 Å². The van der Waals surface area contributed by atoms with Crippen molar-refractivity contribution in [2.45, 2.75) is 6.54 Å². The van der Waals surface area contributed by atoms with Crippen LogP contribution in [0.4, 0.5) is 5.82 Å². The maximum Gasteiger partial charge on any atom is 0.290 e. The van der Waals surface area contributed by atoms with E-state index in [4.69, 9.17) is 9.90 Å². The van der Waals surface area contributed by atoms with E-state index in [0.717, 1.165) is 5.69 Å². The number of nitrogens with zero attached hydrogens (tertiary/aromatic N) is 2. The Bertz CT molecular complexity index is 380. The minimum atomic E-state index is -0.250. The SMILES string of the molecule is CNc1ncnc2c1C(=O)NC2.O=CO. The number of fused-ring (bicyclic) bond motifs is 1. The number of hydrogen-bond acceptors (Lipinski definition) is 5. The number of nitrogens with one attached hydrogen (secondary N) is 2. The summed E-state index contributed by atoms with van der Waals surface area (Å²) in [6, 6.07) is 0. The lowest BCUT2D eigenvalue weighted by Gasteiger charge is -2.01. The van der Waals surface area contributed by atoms with Crippen molar-refractivity contribution in [1.82, 2.24) is 15.3 Å². The quantitative estimate of drug-likeness (QED) is 0.538. The number of aromatic nitrogens is 2. The zero-order chi connectivity index (χ0) is 11.3. The number of amides is 1. The molecule has 0 spiro atoms.